The minimum absolute atomic E-state index is 0.444. The Hall–Kier alpha value is 1.31. The molecule has 41 heavy (non-hydrogen) atoms. The molecule has 0 aromatic carbocycles. The normalized spacial score (nSPS) is 14.8. The molecule has 0 aliphatic heterocycles. The molecule has 1 N–H and O–H groups in total. The van der Waals surface area contributed by atoms with Crippen LogP contribution in [0.25, 0.3) is 0 Å². The van der Waals surface area contributed by atoms with Gasteiger partial charge in [0, 0.05) is 0 Å². The standard InChI is InChI=1S/C35H75IO3P2/c1-6-9-12-14-16-18-20-22-24-26-28-30-32-35(41(5,36,34-11-8-3)39-40(4,37)38)33-31-29-27-25-23-21-19-17-15-13-10-7-2/h35H,6-34H2,1-5H3,(H,37,38). The van der Waals surface area contributed by atoms with E-state index in [-0.39, 0.29) is 0 Å². The Kier molecular flexibility index (Phi) is 27.4. The summed E-state index contributed by atoms with van der Waals surface area (Å²) < 4.78 is 16.2. The quantitative estimate of drug-likeness (QED) is 0.0426. The van der Waals surface area contributed by atoms with E-state index in [1.807, 2.05) is 0 Å². The Labute approximate surface area is 272 Å². The second-order valence-corrected chi connectivity index (χ2v) is 28.1. The fourth-order valence-electron chi connectivity index (χ4n) is 6.46. The number of unbranched alkanes of at least 4 members (excludes halogenated alkanes) is 23. The topological polar surface area (TPSA) is 46.5 Å². The molecule has 0 saturated carbocycles. The molecule has 3 nitrogen and oxygen atoms in total. The van der Waals surface area contributed by atoms with Crippen molar-refractivity contribution in [1.82, 2.24) is 0 Å². The first kappa shape index (κ1) is 42.3. The van der Waals surface area contributed by atoms with Gasteiger partial charge in [0.15, 0.2) is 0 Å². The molecule has 0 aromatic rings. The fraction of sp³-hybridized carbons (Fsp3) is 1.00. The molecule has 0 rings (SSSR count). The summed E-state index contributed by atoms with van der Waals surface area (Å²) in [5, 5.41) is 0. The SMILES string of the molecule is CCCCCCCCCCCCCCC(CCCCCCCCCCCCCC)P(C)(I)(CCCC)OP(C)(=O)O. The van der Waals surface area contributed by atoms with E-state index in [9.17, 15) is 9.46 Å². The Bertz CT molecular complexity index is 595. The Morgan fingerprint density at radius 2 is 0.829 bits per heavy atom. The average molecular weight is 733 g/mol. The third-order valence-electron chi connectivity index (χ3n) is 9.10. The number of hydrogen-bond donors (Lipinski definition) is 1. The first-order valence-electron chi connectivity index (χ1n) is 18.3. The molecule has 0 saturated heterocycles. The van der Waals surface area contributed by atoms with Gasteiger partial charge in [0.05, 0.1) is 0 Å². The summed E-state index contributed by atoms with van der Waals surface area (Å²) in [5.41, 5.74) is 0.444. The fourth-order valence-corrected chi connectivity index (χ4v) is 19.3. The molecule has 250 valence electrons. The second-order valence-electron chi connectivity index (χ2n) is 13.6. The maximum atomic E-state index is 12.6. The van der Waals surface area contributed by atoms with Crippen molar-refractivity contribution in [3.05, 3.63) is 0 Å². The van der Waals surface area contributed by atoms with Crippen LogP contribution in [0.5, 0.6) is 0 Å². The van der Waals surface area contributed by atoms with E-state index in [1.54, 1.807) is 0 Å². The molecule has 0 aliphatic rings. The van der Waals surface area contributed by atoms with Gasteiger partial charge in [-0.3, -0.25) is 0 Å². The molecule has 0 aromatic heterocycles. The monoisotopic (exact) mass is 732 g/mol. The molecule has 0 amide bonds. The molecule has 0 bridgehead atoms. The predicted octanol–water partition coefficient (Wildman–Crippen LogP) is 14.6. The van der Waals surface area contributed by atoms with Gasteiger partial charge >= 0.3 is 234 Å². The van der Waals surface area contributed by atoms with Gasteiger partial charge in [0.25, 0.3) is 0 Å². The number of hydrogen-bond acceptors (Lipinski definition) is 2. The van der Waals surface area contributed by atoms with Crippen LogP contribution < -0.4 is 0 Å². The minimum atomic E-state index is -3.54. The van der Waals surface area contributed by atoms with Crippen molar-refractivity contribution in [3.8, 4) is 0 Å². The summed E-state index contributed by atoms with van der Waals surface area (Å²) in [6.07, 6.45) is 38.4. The third-order valence-corrected chi connectivity index (χ3v) is 21.2. The van der Waals surface area contributed by atoms with Crippen molar-refractivity contribution in [1.29, 1.82) is 0 Å². The summed E-state index contributed by atoms with van der Waals surface area (Å²) in [6.45, 7) is 10.5. The first-order valence-corrected chi connectivity index (χ1v) is 26.0. The molecule has 0 fully saturated rings. The number of halogens is 1. The molecule has 0 heterocycles. The first-order chi connectivity index (χ1) is 19.6. The Morgan fingerprint density at radius 1 is 0.561 bits per heavy atom. The van der Waals surface area contributed by atoms with Crippen LogP contribution in [0.3, 0.4) is 0 Å². The van der Waals surface area contributed by atoms with Gasteiger partial charge in [0.2, 0.25) is 0 Å². The van der Waals surface area contributed by atoms with Crippen LogP contribution >= 0.6 is 34.1 Å². The molecular weight excluding hydrogens is 657 g/mol. The number of rotatable bonds is 32. The van der Waals surface area contributed by atoms with Crippen molar-refractivity contribution in [2.75, 3.05) is 19.5 Å². The van der Waals surface area contributed by atoms with Crippen LogP contribution in [0.2, 0.25) is 0 Å². The third kappa shape index (κ3) is 25.2. The van der Waals surface area contributed by atoms with Crippen molar-refractivity contribution >= 4 is 34.1 Å². The zero-order valence-electron chi connectivity index (χ0n) is 28.6. The van der Waals surface area contributed by atoms with E-state index in [4.69, 9.17) is 4.31 Å². The van der Waals surface area contributed by atoms with Crippen molar-refractivity contribution < 1.29 is 13.8 Å². The summed E-state index contributed by atoms with van der Waals surface area (Å²) in [6, 6.07) is 0. The van der Waals surface area contributed by atoms with Gasteiger partial charge in [-0.25, -0.2) is 0 Å². The average Bonchev–Trinajstić information content (AvgIpc) is 2.90. The Balaban J connectivity index is 4.60. The van der Waals surface area contributed by atoms with Crippen molar-refractivity contribution in [3.63, 3.8) is 0 Å². The van der Waals surface area contributed by atoms with Crippen LogP contribution in [-0.2, 0) is 8.88 Å². The van der Waals surface area contributed by atoms with E-state index in [2.05, 4.69) is 49.5 Å². The van der Waals surface area contributed by atoms with E-state index in [0.717, 1.165) is 31.8 Å². The molecule has 0 spiro atoms. The summed E-state index contributed by atoms with van der Waals surface area (Å²) in [5.74, 6) is 0. The molecule has 1 atom stereocenters. The van der Waals surface area contributed by atoms with Crippen LogP contribution in [0.15, 0.2) is 0 Å². The zero-order chi connectivity index (χ0) is 30.7. The van der Waals surface area contributed by atoms with E-state index in [1.165, 1.54) is 161 Å². The molecule has 1 unspecified atom stereocenters. The molecule has 0 aliphatic carbocycles. The van der Waals surface area contributed by atoms with E-state index >= 15 is 0 Å². The second kappa shape index (κ2) is 26.5. The zero-order valence-corrected chi connectivity index (χ0v) is 32.6. The maximum absolute atomic E-state index is 12.6. The van der Waals surface area contributed by atoms with Gasteiger partial charge in [0.1, 0.15) is 0 Å². The summed E-state index contributed by atoms with van der Waals surface area (Å²) in [4.78, 5) is 10.4. The summed E-state index contributed by atoms with van der Waals surface area (Å²) in [7, 11) is -3.54. The Morgan fingerprint density at radius 3 is 1.10 bits per heavy atom. The van der Waals surface area contributed by atoms with Crippen LogP contribution in [0.4, 0.5) is 0 Å². The summed E-state index contributed by atoms with van der Waals surface area (Å²) >= 11 is 2.59. The molecule has 6 heteroatoms. The van der Waals surface area contributed by atoms with Gasteiger partial charge in [-0.05, 0) is 0 Å². The van der Waals surface area contributed by atoms with E-state index in [0.29, 0.717) is 5.66 Å². The van der Waals surface area contributed by atoms with E-state index < -0.39 is 12.1 Å². The molecule has 0 radical (unpaired) electrons. The van der Waals surface area contributed by atoms with Gasteiger partial charge in [-0.15, -0.1) is 0 Å². The van der Waals surface area contributed by atoms with Crippen molar-refractivity contribution in [2.45, 2.75) is 206 Å². The van der Waals surface area contributed by atoms with Crippen molar-refractivity contribution in [2.24, 2.45) is 0 Å². The van der Waals surface area contributed by atoms with Gasteiger partial charge < -0.3 is 0 Å². The van der Waals surface area contributed by atoms with Gasteiger partial charge in [-0.2, -0.15) is 0 Å². The molecular formula is C35H75IO3P2. The van der Waals surface area contributed by atoms with Crippen LogP contribution in [0.1, 0.15) is 201 Å². The van der Waals surface area contributed by atoms with Gasteiger partial charge in [-0.1, -0.05) is 39.5 Å². The van der Waals surface area contributed by atoms with Crippen LogP contribution in [-0.4, -0.2) is 30.0 Å². The predicted molar refractivity (Wildman–Crippen MR) is 199 cm³/mol. The van der Waals surface area contributed by atoms with Crippen LogP contribution in [0, 0.1) is 0 Å².